The van der Waals surface area contributed by atoms with Crippen molar-refractivity contribution in [3.05, 3.63) is 173 Å². The molecular weight excluding hydrogens is 855 g/mol. The monoisotopic (exact) mass is 944 g/mol. The van der Waals surface area contributed by atoms with Crippen LogP contribution < -0.4 is 14.2 Å². The molecule has 4 heteroatoms. The Balaban J connectivity index is 0.000000164. The van der Waals surface area contributed by atoms with E-state index in [1.807, 2.05) is 6.07 Å². The molecule has 376 valence electrons. The van der Waals surface area contributed by atoms with E-state index in [2.05, 4.69) is 202 Å². The standard InChI is InChI=1S/C15H20O.C15H20.C13H17N.C12H16O2.C11H16/c1-11(2)4-5-12-6-7-13-8-9-14(16-3)10-15(12)13;1-12(2)6-5-8-14-11-10-13-7-3-4-9-15(13)14;1-10(2)7-8-11-9-14-13-6-4-3-5-12(11)13;1-9(2)3-4-10-5-6-11-12(7-10)14-8-13-11;1-10(2)8-9-11-6-4-3-5-7-11/h6,8-11H,4-5,7H2,1-3H3;3-4,7,9,11-12H,5-6,8,10H2,1-2H3;3-6,9-10,14H,7-8H2,1-2H3;5-7,9H,3-4,8H2,1-2H3;3-7,10H,8-9H2,1-2H3. The van der Waals surface area contributed by atoms with Crippen molar-refractivity contribution in [2.75, 3.05) is 13.9 Å². The molecule has 1 N–H and O–H groups in total. The van der Waals surface area contributed by atoms with E-state index < -0.39 is 0 Å². The molecule has 2 aliphatic carbocycles. The molecule has 4 nitrogen and oxygen atoms in total. The van der Waals surface area contributed by atoms with Gasteiger partial charge in [0.1, 0.15) is 5.75 Å². The van der Waals surface area contributed by atoms with Gasteiger partial charge in [-0.3, -0.25) is 0 Å². The second kappa shape index (κ2) is 29.6. The molecule has 3 aliphatic rings. The second-order valence-electron chi connectivity index (χ2n) is 21.6. The number of nitrogens with one attached hydrogen (secondary N) is 1. The van der Waals surface area contributed by atoms with Crippen LogP contribution in [0.4, 0.5) is 0 Å². The highest BCUT2D eigenvalue weighted by molar-refractivity contribution is 5.83. The molecule has 0 fully saturated rings. The summed E-state index contributed by atoms with van der Waals surface area (Å²) in [5.74, 6) is 6.69. The number of methoxy groups -OCH3 is 1. The van der Waals surface area contributed by atoms with E-state index in [1.165, 1.54) is 120 Å². The van der Waals surface area contributed by atoms with Crippen LogP contribution >= 0.6 is 0 Å². The highest BCUT2D eigenvalue weighted by atomic mass is 16.7. The van der Waals surface area contributed by atoms with Gasteiger partial charge in [0, 0.05) is 17.1 Å². The Kier molecular flexibility index (Phi) is 23.5. The Hall–Kier alpha value is -5.48. The molecule has 0 atom stereocenters. The van der Waals surface area contributed by atoms with Crippen LogP contribution in [-0.4, -0.2) is 18.9 Å². The van der Waals surface area contributed by atoms with Gasteiger partial charge in [0.15, 0.2) is 11.5 Å². The average Bonchev–Trinajstić information content (AvgIpc) is 4.18. The highest BCUT2D eigenvalue weighted by Gasteiger charge is 2.16. The zero-order chi connectivity index (χ0) is 50.3. The summed E-state index contributed by atoms with van der Waals surface area (Å²) in [5, 5.41) is 1.38. The van der Waals surface area contributed by atoms with Crippen molar-refractivity contribution in [3.8, 4) is 17.2 Å². The minimum Gasteiger partial charge on any atom is -0.497 e. The van der Waals surface area contributed by atoms with Crippen LogP contribution in [0.2, 0.25) is 0 Å². The maximum atomic E-state index is 5.32. The number of aromatic nitrogens is 1. The van der Waals surface area contributed by atoms with Crippen molar-refractivity contribution in [3.63, 3.8) is 0 Å². The number of fused-ring (bicyclic) bond motifs is 4. The summed E-state index contributed by atoms with van der Waals surface area (Å²) in [7, 11) is 1.73. The fraction of sp³-hybridized carbons (Fsp3) is 0.455. The quantitative estimate of drug-likeness (QED) is 0.0991. The summed E-state index contributed by atoms with van der Waals surface area (Å²) < 4.78 is 15.9. The Morgan fingerprint density at radius 2 is 1.06 bits per heavy atom. The molecule has 0 amide bonds. The Morgan fingerprint density at radius 3 is 1.74 bits per heavy atom. The second-order valence-corrected chi connectivity index (χ2v) is 21.6. The minimum absolute atomic E-state index is 0.364. The third kappa shape index (κ3) is 19.0. The Morgan fingerprint density at radius 1 is 0.486 bits per heavy atom. The van der Waals surface area contributed by atoms with Gasteiger partial charge in [-0.1, -0.05) is 173 Å². The maximum absolute atomic E-state index is 5.32. The van der Waals surface area contributed by atoms with Gasteiger partial charge in [0.25, 0.3) is 0 Å². The lowest BCUT2D eigenvalue weighted by Gasteiger charge is -2.09. The number of H-pyrrole nitrogens is 1. The van der Waals surface area contributed by atoms with E-state index in [-0.39, 0.29) is 0 Å². The first-order valence-corrected chi connectivity index (χ1v) is 26.9. The van der Waals surface area contributed by atoms with Gasteiger partial charge in [-0.15, -0.1) is 0 Å². The van der Waals surface area contributed by atoms with Crippen molar-refractivity contribution >= 4 is 22.0 Å². The zero-order valence-electron chi connectivity index (χ0n) is 45.2. The minimum atomic E-state index is 0.364. The van der Waals surface area contributed by atoms with Crippen molar-refractivity contribution in [2.24, 2.45) is 29.6 Å². The van der Waals surface area contributed by atoms with Gasteiger partial charge in [0.2, 0.25) is 6.79 Å². The molecule has 70 heavy (non-hydrogen) atoms. The van der Waals surface area contributed by atoms with Gasteiger partial charge in [-0.25, -0.2) is 0 Å². The summed E-state index contributed by atoms with van der Waals surface area (Å²) in [5.41, 5.74) is 14.4. The fourth-order valence-electron chi connectivity index (χ4n) is 8.91. The molecule has 0 bridgehead atoms. The summed E-state index contributed by atoms with van der Waals surface area (Å²) in [6, 6.07) is 40.6. The van der Waals surface area contributed by atoms with E-state index in [4.69, 9.17) is 14.2 Å². The SMILES string of the molecule is CC(C)CCCC1=CCc2ccccc21.CC(C)CCc1c[nH]c2ccccc12.CC(C)CCc1ccc2c(c1)OCO2.CC(C)CCc1ccccc1.COc1ccc2c(c1)C(CCC(C)C)=CC2. The molecule has 9 rings (SSSR count). The Labute approximate surface area is 425 Å². The summed E-state index contributed by atoms with van der Waals surface area (Å²) in [6.45, 7) is 23.1. The number of aryl methyl sites for hydroxylation is 3. The number of ether oxygens (including phenoxy) is 3. The van der Waals surface area contributed by atoms with E-state index in [0.29, 0.717) is 6.79 Å². The van der Waals surface area contributed by atoms with E-state index >= 15 is 0 Å². The number of rotatable bonds is 17. The molecule has 0 saturated carbocycles. The van der Waals surface area contributed by atoms with Crippen LogP contribution in [0.5, 0.6) is 17.2 Å². The molecular formula is C66H89NO3. The molecule has 1 aromatic heterocycles. The van der Waals surface area contributed by atoms with Crippen LogP contribution in [0.15, 0.2) is 134 Å². The topological polar surface area (TPSA) is 43.5 Å². The average molecular weight is 944 g/mol. The van der Waals surface area contributed by atoms with Crippen molar-refractivity contribution < 1.29 is 14.2 Å². The molecule has 0 radical (unpaired) electrons. The van der Waals surface area contributed by atoms with E-state index in [0.717, 1.165) is 66.1 Å². The number of allylic oxidation sites excluding steroid dienone is 4. The molecule has 6 aromatic rings. The fourth-order valence-corrected chi connectivity index (χ4v) is 8.91. The first-order valence-electron chi connectivity index (χ1n) is 26.9. The normalized spacial score (nSPS) is 12.9. The van der Waals surface area contributed by atoms with Gasteiger partial charge >= 0.3 is 0 Å². The van der Waals surface area contributed by atoms with Crippen LogP contribution in [0.25, 0.3) is 22.0 Å². The van der Waals surface area contributed by atoms with Crippen molar-refractivity contribution in [1.82, 2.24) is 4.98 Å². The first kappa shape index (κ1) is 55.4. The summed E-state index contributed by atoms with van der Waals surface area (Å²) in [4.78, 5) is 3.31. The molecule has 5 aromatic carbocycles. The summed E-state index contributed by atoms with van der Waals surface area (Å²) >= 11 is 0. The Bertz CT molecular complexity index is 2480. The van der Waals surface area contributed by atoms with Crippen LogP contribution in [-0.2, 0) is 32.1 Å². The third-order valence-electron chi connectivity index (χ3n) is 13.3. The summed E-state index contributed by atoms with van der Waals surface area (Å²) in [6.07, 6.45) is 22.9. The number of aromatic amines is 1. The smallest absolute Gasteiger partial charge is 0.231 e. The molecule has 0 unspecified atom stereocenters. The predicted octanol–water partition coefficient (Wildman–Crippen LogP) is 18.6. The van der Waals surface area contributed by atoms with Gasteiger partial charge < -0.3 is 19.2 Å². The number of hydrogen-bond acceptors (Lipinski definition) is 3. The lowest BCUT2D eigenvalue weighted by Crippen LogP contribution is -1.93. The highest BCUT2D eigenvalue weighted by Crippen LogP contribution is 2.35. The predicted molar refractivity (Wildman–Crippen MR) is 302 cm³/mol. The van der Waals surface area contributed by atoms with Gasteiger partial charge in [-0.05, 0) is 187 Å². The van der Waals surface area contributed by atoms with E-state index in [1.54, 1.807) is 12.7 Å². The number of para-hydroxylation sites is 1. The third-order valence-corrected chi connectivity index (χ3v) is 13.3. The largest absolute Gasteiger partial charge is 0.497 e. The molecule has 0 saturated heterocycles. The van der Waals surface area contributed by atoms with Crippen LogP contribution in [0.3, 0.4) is 0 Å². The molecule has 2 heterocycles. The number of hydrogen-bond donors (Lipinski definition) is 1. The van der Waals surface area contributed by atoms with Crippen molar-refractivity contribution in [2.45, 2.75) is 153 Å². The van der Waals surface area contributed by atoms with Crippen LogP contribution in [0.1, 0.15) is 160 Å². The maximum Gasteiger partial charge on any atom is 0.231 e. The van der Waals surface area contributed by atoms with Gasteiger partial charge in [-0.2, -0.15) is 0 Å². The van der Waals surface area contributed by atoms with Crippen LogP contribution in [0, 0.1) is 29.6 Å². The zero-order valence-corrected chi connectivity index (χ0v) is 45.2. The lowest BCUT2D eigenvalue weighted by atomic mass is 9.98. The van der Waals surface area contributed by atoms with E-state index in [9.17, 15) is 0 Å². The number of benzene rings is 5. The molecule has 0 spiro atoms. The van der Waals surface area contributed by atoms with Gasteiger partial charge in [0.05, 0.1) is 7.11 Å². The molecule has 1 aliphatic heterocycles. The van der Waals surface area contributed by atoms with Crippen molar-refractivity contribution in [1.29, 1.82) is 0 Å². The lowest BCUT2D eigenvalue weighted by molar-refractivity contribution is 0.174. The first-order chi connectivity index (χ1) is 33.8.